The second-order valence-corrected chi connectivity index (χ2v) is 6.37. The zero-order valence-corrected chi connectivity index (χ0v) is 13.4. The number of aliphatic hydroxyl groups is 1. The van der Waals surface area contributed by atoms with Crippen LogP contribution in [0.4, 0.5) is 0 Å². The van der Waals surface area contributed by atoms with Crippen LogP contribution in [0.1, 0.15) is 36.5 Å². The number of aromatic amines is 1. The van der Waals surface area contributed by atoms with Gasteiger partial charge in [0.1, 0.15) is 5.65 Å². The van der Waals surface area contributed by atoms with Crippen molar-refractivity contribution in [1.29, 1.82) is 0 Å². The minimum Gasteiger partial charge on any atom is -0.389 e. The fraction of sp³-hybridized carbons (Fsp3) is 0.263. The molecule has 3 aromatic rings. The van der Waals surface area contributed by atoms with E-state index in [4.69, 9.17) is 0 Å². The van der Waals surface area contributed by atoms with Crippen molar-refractivity contribution in [2.75, 3.05) is 6.54 Å². The number of fused-ring (bicyclic) bond motifs is 1. The van der Waals surface area contributed by atoms with Gasteiger partial charge >= 0.3 is 0 Å². The Bertz CT molecular complexity index is 914. The zero-order chi connectivity index (χ0) is 16.7. The second kappa shape index (κ2) is 5.76. The molecule has 1 aromatic carbocycles. The lowest BCUT2D eigenvalue weighted by molar-refractivity contribution is -0.119. The SMILES string of the molecule is CC(O)c1cnc2[nH]cc(-c3cccc(C4CNC(=O)C4)c3)c2c1. The average Bonchev–Trinajstić information content (AvgIpc) is 3.20. The number of pyridine rings is 1. The standard InChI is InChI=1S/C19H19N3O2/c1-11(23)14-6-16-17(10-22-19(16)21-8-14)13-4-2-3-12(5-13)15-7-18(24)20-9-15/h2-6,8,10-11,15,23H,7,9H2,1H3,(H,20,24)(H,21,22). The maximum absolute atomic E-state index is 11.5. The van der Waals surface area contributed by atoms with Gasteiger partial charge in [-0.15, -0.1) is 0 Å². The summed E-state index contributed by atoms with van der Waals surface area (Å²) >= 11 is 0. The van der Waals surface area contributed by atoms with Gasteiger partial charge in [-0.3, -0.25) is 4.79 Å². The first-order valence-electron chi connectivity index (χ1n) is 8.14. The quantitative estimate of drug-likeness (QED) is 0.694. The van der Waals surface area contributed by atoms with Crippen molar-refractivity contribution in [2.24, 2.45) is 0 Å². The van der Waals surface area contributed by atoms with Crippen LogP contribution in [0.15, 0.2) is 42.7 Å². The molecular formula is C19H19N3O2. The first-order chi connectivity index (χ1) is 11.6. The van der Waals surface area contributed by atoms with Crippen LogP contribution in [-0.2, 0) is 4.79 Å². The van der Waals surface area contributed by atoms with Gasteiger partial charge in [0.2, 0.25) is 5.91 Å². The predicted octanol–water partition coefficient (Wildman–Crippen LogP) is 2.89. The van der Waals surface area contributed by atoms with E-state index < -0.39 is 6.10 Å². The van der Waals surface area contributed by atoms with Gasteiger partial charge in [-0.05, 0) is 29.7 Å². The van der Waals surface area contributed by atoms with Gasteiger partial charge in [-0.1, -0.05) is 24.3 Å². The Morgan fingerprint density at radius 2 is 2.21 bits per heavy atom. The van der Waals surface area contributed by atoms with E-state index in [1.165, 1.54) is 5.56 Å². The van der Waals surface area contributed by atoms with Crippen LogP contribution in [0.5, 0.6) is 0 Å². The Hall–Kier alpha value is -2.66. The number of aromatic nitrogens is 2. The Morgan fingerprint density at radius 1 is 1.33 bits per heavy atom. The van der Waals surface area contributed by atoms with Crippen molar-refractivity contribution < 1.29 is 9.90 Å². The molecule has 3 N–H and O–H groups in total. The van der Waals surface area contributed by atoms with Gasteiger partial charge in [0.15, 0.2) is 0 Å². The Morgan fingerprint density at radius 3 is 2.96 bits per heavy atom. The number of hydrogen-bond acceptors (Lipinski definition) is 3. The molecule has 1 aliphatic rings. The van der Waals surface area contributed by atoms with Crippen LogP contribution in [0, 0.1) is 0 Å². The minimum absolute atomic E-state index is 0.114. The van der Waals surface area contributed by atoms with Crippen LogP contribution in [0.25, 0.3) is 22.2 Å². The van der Waals surface area contributed by atoms with Gasteiger partial charge in [-0.2, -0.15) is 0 Å². The molecule has 5 heteroatoms. The van der Waals surface area contributed by atoms with Gasteiger partial charge < -0.3 is 15.4 Å². The highest BCUT2D eigenvalue weighted by Crippen LogP contribution is 2.32. The molecule has 0 aliphatic carbocycles. The normalized spacial score (nSPS) is 18.8. The van der Waals surface area contributed by atoms with E-state index in [2.05, 4.69) is 33.5 Å². The second-order valence-electron chi connectivity index (χ2n) is 6.37. The molecule has 1 fully saturated rings. The number of carbonyl (C=O) groups is 1. The number of hydrogen-bond donors (Lipinski definition) is 3. The lowest BCUT2D eigenvalue weighted by Gasteiger charge is -2.10. The summed E-state index contributed by atoms with van der Waals surface area (Å²) in [4.78, 5) is 19.0. The van der Waals surface area contributed by atoms with Crippen molar-refractivity contribution in [3.63, 3.8) is 0 Å². The number of nitrogens with zero attached hydrogens (tertiary/aromatic N) is 1. The van der Waals surface area contributed by atoms with Gasteiger partial charge in [0.25, 0.3) is 0 Å². The molecule has 0 saturated carbocycles. The highest BCUT2D eigenvalue weighted by Gasteiger charge is 2.23. The maximum Gasteiger partial charge on any atom is 0.220 e. The summed E-state index contributed by atoms with van der Waals surface area (Å²) in [6.45, 7) is 2.43. The van der Waals surface area contributed by atoms with Gasteiger partial charge in [0, 0.05) is 42.2 Å². The summed E-state index contributed by atoms with van der Waals surface area (Å²) in [6, 6.07) is 10.3. The first-order valence-corrected chi connectivity index (χ1v) is 8.14. The van der Waals surface area contributed by atoms with E-state index in [-0.39, 0.29) is 11.8 Å². The maximum atomic E-state index is 11.5. The van der Waals surface area contributed by atoms with Crippen molar-refractivity contribution in [3.05, 3.63) is 53.9 Å². The lowest BCUT2D eigenvalue weighted by Crippen LogP contribution is -2.13. The van der Waals surface area contributed by atoms with Crippen LogP contribution in [0.2, 0.25) is 0 Å². The first kappa shape index (κ1) is 14.9. The molecule has 3 heterocycles. The fourth-order valence-corrected chi connectivity index (χ4v) is 3.29. The summed E-state index contributed by atoms with van der Waals surface area (Å²) in [6.07, 6.45) is 3.64. The molecular weight excluding hydrogens is 302 g/mol. The molecule has 122 valence electrons. The monoisotopic (exact) mass is 321 g/mol. The van der Waals surface area contributed by atoms with E-state index in [1.54, 1.807) is 13.1 Å². The molecule has 1 aliphatic heterocycles. The minimum atomic E-state index is -0.549. The number of benzene rings is 1. The van der Waals surface area contributed by atoms with Crippen molar-refractivity contribution in [1.82, 2.24) is 15.3 Å². The van der Waals surface area contributed by atoms with Crippen LogP contribution < -0.4 is 5.32 Å². The molecule has 2 unspecified atom stereocenters. The number of amides is 1. The van der Waals surface area contributed by atoms with Gasteiger partial charge in [-0.25, -0.2) is 4.98 Å². The molecule has 0 radical (unpaired) electrons. The van der Waals surface area contributed by atoms with Crippen molar-refractivity contribution in [2.45, 2.75) is 25.4 Å². The van der Waals surface area contributed by atoms with Crippen LogP contribution in [-0.4, -0.2) is 27.5 Å². The number of nitrogens with one attached hydrogen (secondary N) is 2. The van der Waals surface area contributed by atoms with Crippen LogP contribution >= 0.6 is 0 Å². The number of carbonyl (C=O) groups excluding carboxylic acids is 1. The summed E-state index contributed by atoms with van der Waals surface area (Å²) in [5, 5.41) is 13.7. The smallest absolute Gasteiger partial charge is 0.220 e. The van der Waals surface area contributed by atoms with E-state index in [9.17, 15) is 9.90 Å². The van der Waals surface area contributed by atoms with E-state index in [1.807, 2.05) is 18.3 Å². The van der Waals surface area contributed by atoms with Crippen molar-refractivity contribution in [3.8, 4) is 11.1 Å². The number of rotatable bonds is 3. The number of aliphatic hydroxyl groups excluding tert-OH is 1. The molecule has 4 rings (SSSR count). The predicted molar refractivity (Wildman–Crippen MR) is 92.5 cm³/mol. The highest BCUT2D eigenvalue weighted by atomic mass is 16.3. The highest BCUT2D eigenvalue weighted by molar-refractivity contribution is 5.94. The number of H-pyrrole nitrogens is 1. The topological polar surface area (TPSA) is 78.0 Å². The lowest BCUT2D eigenvalue weighted by atomic mass is 9.94. The molecule has 1 saturated heterocycles. The third-order valence-corrected chi connectivity index (χ3v) is 4.68. The Kier molecular flexibility index (Phi) is 3.58. The summed E-state index contributed by atoms with van der Waals surface area (Å²) < 4.78 is 0. The summed E-state index contributed by atoms with van der Waals surface area (Å²) in [5.41, 5.74) is 4.91. The fourth-order valence-electron chi connectivity index (χ4n) is 3.29. The molecule has 2 atom stereocenters. The largest absolute Gasteiger partial charge is 0.389 e. The van der Waals surface area contributed by atoms with E-state index in [0.29, 0.717) is 13.0 Å². The Labute approximate surface area is 139 Å². The van der Waals surface area contributed by atoms with Gasteiger partial charge in [0.05, 0.1) is 6.10 Å². The third kappa shape index (κ3) is 2.57. The van der Waals surface area contributed by atoms with Crippen molar-refractivity contribution >= 4 is 16.9 Å². The molecule has 0 bridgehead atoms. The third-order valence-electron chi connectivity index (χ3n) is 4.68. The molecule has 2 aromatic heterocycles. The summed E-state index contributed by atoms with van der Waals surface area (Å²) in [7, 11) is 0. The zero-order valence-electron chi connectivity index (χ0n) is 13.4. The van der Waals surface area contributed by atoms with E-state index in [0.717, 1.165) is 27.7 Å². The molecule has 1 amide bonds. The molecule has 0 spiro atoms. The molecule has 24 heavy (non-hydrogen) atoms. The average molecular weight is 321 g/mol. The molecule has 5 nitrogen and oxygen atoms in total. The summed E-state index contributed by atoms with van der Waals surface area (Å²) in [5.74, 6) is 0.345. The Balaban J connectivity index is 1.77. The van der Waals surface area contributed by atoms with Crippen LogP contribution in [0.3, 0.4) is 0 Å². The van der Waals surface area contributed by atoms with E-state index >= 15 is 0 Å².